The van der Waals surface area contributed by atoms with Gasteiger partial charge >= 0.3 is 6.18 Å². The Labute approximate surface area is 91.3 Å². The summed E-state index contributed by atoms with van der Waals surface area (Å²) >= 11 is 0. The highest BCUT2D eigenvalue weighted by atomic mass is 19.4. The maximum atomic E-state index is 12.3. The van der Waals surface area contributed by atoms with E-state index in [1.54, 1.807) is 0 Å². The Morgan fingerprint density at radius 3 is 2.38 bits per heavy atom. The number of nitrogens with zero attached hydrogens (tertiary/aromatic N) is 3. The van der Waals surface area contributed by atoms with Crippen molar-refractivity contribution >= 4 is 5.82 Å². The maximum Gasteiger partial charge on any atom is 0.417 e. The van der Waals surface area contributed by atoms with E-state index >= 15 is 0 Å². The van der Waals surface area contributed by atoms with Crippen LogP contribution in [0.3, 0.4) is 0 Å². The van der Waals surface area contributed by atoms with Crippen LogP contribution in [-0.4, -0.2) is 31.2 Å². The van der Waals surface area contributed by atoms with Crippen LogP contribution in [0.15, 0.2) is 18.3 Å². The van der Waals surface area contributed by atoms with Crippen molar-refractivity contribution in [3.8, 4) is 0 Å². The van der Waals surface area contributed by atoms with Crippen LogP contribution in [0.25, 0.3) is 5.32 Å². The second-order valence-electron chi connectivity index (χ2n) is 3.56. The maximum absolute atomic E-state index is 12.3. The van der Waals surface area contributed by atoms with Gasteiger partial charge < -0.3 is 10.2 Å². The van der Waals surface area contributed by atoms with Crippen LogP contribution in [0.4, 0.5) is 19.0 Å². The van der Waals surface area contributed by atoms with Crippen molar-refractivity contribution in [1.29, 1.82) is 0 Å². The first-order valence-corrected chi connectivity index (χ1v) is 4.99. The van der Waals surface area contributed by atoms with Crippen molar-refractivity contribution in [2.75, 3.05) is 31.1 Å². The van der Waals surface area contributed by atoms with Crippen molar-refractivity contribution < 1.29 is 13.2 Å². The van der Waals surface area contributed by atoms with Gasteiger partial charge in [-0.15, -0.1) is 13.1 Å². The van der Waals surface area contributed by atoms with E-state index in [-0.39, 0.29) is 0 Å². The van der Waals surface area contributed by atoms with E-state index in [1.165, 1.54) is 6.07 Å². The highest BCUT2D eigenvalue weighted by molar-refractivity contribution is 5.41. The largest absolute Gasteiger partial charge is 0.659 e. The molecule has 2 heterocycles. The molecular formula is C10H11F3N3-. The van der Waals surface area contributed by atoms with Gasteiger partial charge in [0.25, 0.3) is 0 Å². The van der Waals surface area contributed by atoms with Gasteiger partial charge in [0.15, 0.2) is 0 Å². The Morgan fingerprint density at radius 1 is 1.19 bits per heavy atom. The molecule has 1 aliphatic rings. The zero-order chi connectivity index (χ0) is 11.6. The first kappa shape index (κ1) is 11.2. The molecular weight excluding hydrogens is 219 g/mol. The third-order valence-corrected chi connectivity index (χ3v) is 2.46. The van der Waals surface area contributed by atoms with Crippen LogP contribution in [0.1, 0.15) is 5.56 Å². The minimum absolute atomic E-state index is 0.586. The Hall–Kier alpha value is -1.30. The molecule has 3 nitrogen and oxygen atoms in total. The molecule has 1 saturated heterocycles. The molecule has 2 rings (SSSR count). The molecule has 0 radical (unpaired) electrons. The highest BCUT2D eigenvalue weighted by Crippen LogP contribution is 2.29. The number of anilines is 1. The lowest BCUT2D eigenvalue weighted by atomic mass is 10.2. The molecule has 1 fully saturated rings. The predicted molar refractivity (Wildman–Crippen MR) is 54.5 cm³/mol. The summed E-state index contributed by atoms with van der Waals surface area (Å²) in [6, 6.07) is 2.47. The third kappa shape index (κ3) is 2.44. The van der Waals surface area contributed by atoms with Crippen LogP contribution < -0.4 is 4.90 Å². The first-order chi connectivity index (χ1) is 7.57. The molecule has 0 saturated carbocycles. The fourth-order valence-electron chi connectivity index (χ4n) is 1.58. The predicted octanol–water partition coefficient (Wildman–Crippen LogP) is 2.29. The van der Waals surface area contributed by atoms with Crippen molar-refractivity contribution in [3.63, 3.8) is 0 Å². The Balaban J connectivity index is 2.12. The average Bonchev–Trinajstić information content (AvgIpc) is 2.29. The molecule has 0 N–H and O–H groups in total. The SMILES string of the molecule is FC(F)(F)c1ccc(N2CC[N-]CC2)nc1. The van der Waals surface area contributed by atoms with E-state index < -0.39 is 11.7 Å². The normalized spacial score (nSPS) is 17.6. The summed E-state index contributed by atoms with van der Waals surface area (Å²) in [6.07, 6.45) is -3.44. The molecule has 0 aromatic carbocycles. The van der Waals surface area contributed by atoms with Gasteiger partial charge in [0.1, 0.15) is 5.82 Å². The number of rotatable bonds is 1. The van der Waals surface area contributed by atoms with Crippen LogP contribution in [0, 0.1) is 0 Å². The highest BCUT2D eigenvalue weighted by Gasteiger charge is 2.30. The van der Waals surface area contributed by atoms with Crippen molar-refractivity contribution in [1.82, 2.24) is 4.98 Å². The van der Waals surface area contributed by atoms with E-state index in [4.69, 9.17) is 0 Å². The summed E-state index contributed by atoms with van der Waals surface area (Å²) in [7, 11) is 0. The van der Waals surface area contributed by atoms with Crippen LogP contribution in [-0.2, 0) is 6.18 Å². The minimum Gasteiger partial charge on any atom is -0.659 e. The molecule has 0 atom stereocenters. The smallest absolute Gasteiger partial charge is 0.417 e. The molecule has 0 bridgehead atoms. The van der Waals surface area contributed by atoms with Crippen LogP contribution in [0.2, 0.25) is 0 Å². The zero-order valence-corrected chi connectivity index (χ0v) is 8.54. The number of pyridine rings is 1. The lowest BCUT2D eigenvalue weighted by Crippen LogP contribution is -2.34. The second-order valence-corrected chi connectivity index (χ2v) is 3.56. The lowest BCUT2D eigenvalue weighted by Gasteiger charge is -2.36. The van der Waals surface area contributed by atoms with Crippen LogP contribution >= 0.6 is 0 Å². The van der Waals surface area contributed by atoms with E-state index in [0.717, 1.165) is 25.4 Å². The van der Waals surface area contributed by atoms with E-state index in [9.17, 15) is 13.2 Å². The summed E-state index contributed by atoms with van der Waals surface area (Å²) in [5.41, 5.74) is -0.710. The van der Waals surface area contributed by atoms with Crippen molar-refractivity contribution in [3.05, 3.63) is 29.2 Å². The molecule has 0 amide bonds. The minimum atomic E-state index is -4.32. The van der Waals surface area contributed by atoms with Gasteiger partial charge in [0.2, 0.25) is 0 Å². The number of halogens is 3. The molecule has 1 aromatic heterocycles. The van der Waals surface area contributed by atoms with E-state index in [0.29, 0.717) is 18.9 Å². The van der Waals surface area contributed by atoms with Gasteiger partial charge in [-0.1, -0.05) is 0 Å². The molecule has 88 valence electrons. The van der Waals surface area contributed by atoms with E-state index in [1.807, 2.05) is 4.90 Å². The van der Waals surface area contributed by atoms with Crippen LogP contribution in [0.5, 0.6) is 0 Å². The number of piperazine rings is 1. The Bertz CT molecular complexity index is 341. The quantitative estimate of drug-likeness (QED) is 0.741. The van der Waals surface area contributed by atoms with Gasteiger partial charge in [-0.25, -0.2) is 4.98 Å². The van der Waals surface area contributed by atoms with E-state index in [2.05, 4.69) is 10.3 Å². The molecule has 1 aromatic rings. The lowest BCUT2D eigenvalue weighted by molar-refractivity contribution is -0.137. The molecule has 1 aliphatic heterocycles. The molecule has 6 heteroatoms. The van der Waals surface area contributed by atoms with Gasteiger partial charge in [-0.05, 0) is 12.1 Å². The zero-order valence-electron chi connectivity index (χ0n) is 8.54. The van der Waals surface area contributed by atoms with Gasteiger partial charge in [0.05, 0.1) is 5.56 Å². The topological polar surface area (TPSA) is 30.2 Å². The number of hydrogen-bond donors (Lipinski definition) is 0. The third-order valence-electron chi connectivity index (χ3n) is 2.46. The fraction of sp³-hybridized carbons (Fsp3) is 0.500. The summed E-state index contributed by atoms with van der Waals surface area (Å²) in [5.74, 6) is 0.586. The summed E-state index contributed by atoms with van der Waals surface area (Å²) in [5, 5.41) is 4.16. The van der Waals surface area contributed by atoms with Gasteiger partial charge in [0, 0.05) is 19.3 Å². The summed E-state index contributed by atoms with van der Waals surface area (Å²) in [6.45, 7) is 2.86. The monoisotopic (exact) mass is 230 g/mol. The Kier molecular flexibility index (Phi) is 3.00. The van der Waals surface area contributed by atoms with Crippen molar-refractivity contribution in [2.45, 2.75) is 6.18 Å². The molecule has 0 unspecified atom stereocenters. The molecule has 0 spiro atoms. The fourth-order valence-corrected chi connectivity index (χ4v) is 1.58. The number of aromatic nitrogens is 1. The number of hydrogen-bond acceptors (Lipinski definition) is 2. The second kappa shape index (κ2) is 4.29. The van der Waals surface area contributed by atoms with Crippen molar-refractivity contribution in [2.24, 2.45) is 0 Å². The molecule has 16 heavy (non-hydrogen) atoms. The summed E-state index contributed by atoms with van der Waals surface area (Å²) < 4.78 is 36.9. The van der Waals surface area contributed by atoms with Gasteiger partial charge in [-0.2, -0.15) is 13.2 Å². The number of alkyl halides is 3. The summed E-state index contributed by atoms with van der Waals surface area (Å²) in [4.78, 5) is 5.77. The molecule has 0 aliphatic carbocycles. The average molecular weight is 230 g/mol. The van der Waals surface area contributed by atoms with Gasteiger partial charge in [-0.3, -0.25) is 0 Å². The first-order valence-electron chi connectivity index (χ1n) is 4.99. The Morgan fingerprint density at radius 2 is 1.88 bits per heavy atom. The standard InChI is InChI=1S/C10H11F3N3/c11-10(12,13)8-1-2-9(15-7-8)16-5-3-14-4-6-16/h1-2,7H,3-6H2/q-1.